The number of aromatic nitrogens is 3. The first-order valence-electron chi connectivity index (χ1n) is 10.1. The average molecular weight is 461 g/mol. The fourth-order valence-electron chi connectivity index (χ4n) is 2.73. The van der Waals surface area contributed by atoms with Gasteiger partial charge in [-0.05, 0) is 61.9 Å². The molecule has 0 spiro atoms. The Balaban J connectivity index is 1.76. The Labute approximate surface area is 191 Å². The molecule has 0 unspecified atom stereocenters. The Hall–Kier alpha value is -2.71. The first kappa shape index (κ1) is 23.0. The van der Waals surface area contributed by atoms with E-state index in [9.17, 15) is 4.79 Å². The summed E-state index contributed by atoms with van der Waals surface area (Å²) in [5.41, 5.74) is 0.844. The molecule has 0 bridgehead atoms. The maximum atomic E-state index is 12.0. The number of nitrogens with one attached hydrogen (secondary N) is 1. The predicted molar refractivity (Wildman–Crippen MR) is 122 cm³/mol. The third-order valence-corrected chi connectivity index (χ3v) is 5.37. The number of benzene rings is 2. The van der Waals surface area contributed by atoms with Crippen LogP contribution in [0.5, 0.6) is 11.5 Å². The molecule has 0 aliphatic rings. The summed E-state index contributed by atoms with van der Waals surface area (Å²) >= 11 is 7.37. The molecule has 1 amide bonds. The van der Waals surface area contributed by atoms with Crippen LogP contribution >= 0.6 is 23.4 Å². The molecule has 3 aromatic rings. The molecular formula is C22H25ClN4O3S. The van der Waals surface area contributed by atoms with Crippen LogP contribution in [0.3, 0.4) is 0 Å². The van der Waals surface area contributed by atoms with E-state index in [0.29, 0.717) is 34.9 Å². The van der Waals surface area contributed by atoms with Crippen molar-refractivity contribution in [3.05, 3.63) is 59.4 Å². The number of nitrogens with zero attached hydrogens (tertiary/aromatic N) is 3. The van der Waals surface area contributed by atoms with E-state index in [1.165, 1.54) is 11.8 Å². The Morgan fingerprint density at radius 3 is 2.35 bits per heavy atom. The molecule has 164 valence electrons. The second-order valence-corrected chi connectivity index (χ2v) is 7.92. The summed E-state index contributed by atoms with van der Waals surface area (Å²) in [4.78, 5) is 12.0. The normalized spacial score (nSPS) is 10.7. The van der Waals surface area contributed by atoms with Crippen molar-refractivity contribution in [3.63, 3.8) is 0 Å². The highest BCUT2D eigenvalue weighted by Gasteiger charge is 2.16. The lowest BCUT2D eigenvalue weighted by molar-refractivity contribution is -0.118. The van der Waals surface area contributed by atoms with Crippen molar-refractivity contribution < 1.29 is 14.3 Å². The van der Waals surface area contributed by atoms with Crippen molar-refractivity contribution in [1.29, 1.82) is 0 Å². The number of rotatable bonds is 11. The highest BCUT2D eigenvalue weighted by molar-refractivity contribution is 7.99. The number of ether oxygens (including phenoxy) is 2. The summed E-state index contributed by atoms with van der Waals surface area (Å²) in [5.74, 6) is 2.32. The van der Waals surface area contributed by atoms with Crippen molar-refractivity contribution in [1.82, 2.24) is 20.1 Å². The van der Waals surface area contributed by atoms with Crippen LogP contribution < -0.4 is 14.8 Å². The minimum atomic E-state index is -0.0373. The van der Waals surface area contributed by atoms with E-state index in [4.69, 9.17) is 21.1 Å². The summed E-state index contributed by atoms with van der Waals surface area (Å²) in [6.07, 6.45) is 0.893. The Bertz CT molecular complexity index is 977. The van der Waals surface area contributed by atoms with Crippen LogP contribution in [0.25, 0.3) is 5.69 Å². The van der Waals surface area contributed by atoms with Crippen molar-refractivity contribution in [2.75, 3.05) is 18.9 Å². The van der Waals surface area contributed by atoms with Gasteiger partial charge in [0.1, 0.15) is 18.1 Å². The molecule has 2 aromatic carbocycles. The van der Waals surface area contributed by atoms with Gasteiger partial charge < -0.3 is 14.8 Å². The molecule has 1 aromatic heterocycles. The van der Waals surface area contributed by atoms with E-state index in [1.54, 1.807) is 12.1 Å². The molecule has 7 nitrogen and oxygen atoms in total. The maximum Gasteiger partial charge on any atom is 0.230 e. The lowest BCUT2D eigenvalue weighted by Crippen LogP contribution is -2.25. The fraction of sp³-hybridized carbons (Fsp3) is 0.318. The Kier molecular flexibility index (Phi) is 8.61. The van der Waals surface area contributed by atoms with Gasteiger partial charge in [-0.25, -0.2) is 0 Å². The van der Waals surface area contributed by atoms with Crippen LogP contribution in [0.1, 0.15) is 26.1 Å². The lowest BCUT2D eigenvalue weighted by atomic mass is 10.3. The quantitative estimate of drug-likeness (QED) is 0.424. The van der Waals surface area contributed by atoms with E-state index in [1.807, 2.05) is 54.8 Å². The van der Waals surface area contributed by atoms with Crippen LogP contribution in [0, 0.1) is 0 Å². The topological polar surface area (TPSA) is 78.3 Å². The van der Waals surface area contributed by atoms with E-state index in [2.05, 4.69) is 15.5 Å². The SMILES string of the molecule is CCCNC(=O)CSc1nnc(COc2ccc(OCC)cc2)n1-c1ccc(Cl)cc1. The Morgan fingerprint density at radius 2 is 1.71 bits per heavy atom. The highest BCUT2D eigenvalue weighted by atomic mass is 35.5. The number of amides is 1. The molecular weight excluding hydrogens is 436 g/mol. The molecule has 0 atom stereocenters. The smallest absolute Gasteiger partial charge is 0.230 e. The van der Waals surface area contributed by atoms with Crippen molar-refractivity contribution >= 4 is 29.3 Å². The Morgan fingerprint density at radius 1 is 1.03 bits per heavy atom. The average Bonchev–Trinajstić information content (AvgIpc) is 3.19. The predicted octanol–water partition coefficient (Wildman–Crippen LogP) is 4.52. The fourth-order valence-corrected chi connectivity index (χ4v) is 3.66. The van der Waals surface area contributed by atoms with Gasteiger partial charge in [-0.1, -0.05) is 30.3 Å². The lowest BCUT2D eigenvalue weighted by Gasteiger charge is -2.12. The van der Waals surface area contributed by atoms with Gasteiger partial charge in [-0.2, -0.15) is 0 Å². The van der Waals surface area contributed by atoms with Gasteiger partial charge >= 0.3 is 0 Å². The summed E-state index contributed by atoms with van der Waals surface area (Å²) in [5, 5.41) is 12.7. The molecule has 0 radical (unpaired) electrons. The van der Waals surface area contributed by atoms with Crippen LogP contribution in [0.2, 0.25) is 5.02 Å². The summed E-state index contributed by atoms with van der Waals surface area (Å²) in [6.45, 7) is 5.44. The molecule has 31 heavy (non-hydrogen) atoms. The van der Waals surface area contributed by atoms with E-state index in [-0.39, 0.29) is 18.3 Å². The standard InChI is InChI=1S/C22H25ClN4O3S/c1-3-13-24-21(28)15-31-22-26-25-20(27(22)17-7-5-16(23)6-8-17)14-30-19-11-9-18(10-12-19)29-4-2/h5-12H,3-4,13-15H2,1-2H3,(H,24,28). The molecule has 1 heterocycles. The third kappa shape index (κ3) is 6.63. The summed E-state index contributed by atoms with van der Waals surface area (Å²) < 4.78 is 13.2. The second-order valence-electron chi connectivity index (χ2n) is 6.54. The molecule has 9 heteroatoms. The summed E-state index contributed by atoms with van der Waals surface area (Å²) in [6, 6.07) is 14.8. The summed E-state index contributed by atoms with van der Waals surface area (Å²) in [7, 11) is 0. The van der Waals surface area contributed by atoms with Gasteiger partial charge in [0.05, 0.1) is 12.4 Å². The zero-order valence-corrected chi connectivity index (χ0v) is 19.1. The molecule has 0 saturated heterocycles. The van der Waals surface area contributed by atoms with Crippen LogP contribution in [0.15, 0.2) is 53.7 Å². The molecule has 0 fully saturated rings. The minimum Gasteiger partial charge on any atom is -0.494 e. The first-order valence-corrected chi connectivity index (χ1v) is 11.4. The van der Waals surface area contributed by atoms with Gasteiger partial charge in [0.15, 0.2) is 11.0 Å². The number of carbonyl (C=O) groups excluding carboxylic acids is 1. The molecule has 0 saturated carbocycles. The van der Waals surface area contributed by atoms with Gasteiger partial charge in [-0.3, -0.25) is 9.36 Å². The van der Waals surface area contributed by atoms with Crippen LogP contribution in [0.4, 0.5) is 0 Å². The first-order chi connectivity index (χ1) is 15.1. The van der Waals surface area contributed by atoms with Crippen molar-refractivity contribution in [2.45, 2.75) is 32.0 Å². The minimum absolute atomic E-state index is 0.0373. The van der Waals surface area contributed by atoms with Gasteiger partial charge in [0.25, 0.3) is 0 Å². The van der Waals surface area contributed by atoms with E-state index in [0.717, 1.165) is 17.9 Å². The van der Waals surface area contributed by atoms with E-state index >= 15 is 0 Å². The van der Waals surface area contributed by atoms with Gasteiger partial charge in [0.2, 0.25) is 5.91 Å². The molecule has 3 rings (SSSR count). The number of halogens is 1. The largest absolute Gasteiger partial charge is 0.494 e. The third-order valence-electron chi connectivity index (χ3n) is 4.19. The van der Waals surface area contributed by atoms with Gasteiger partial charge in [-0.15, -0.1) is 10.2 Å². The molecule has 0 aliphatic carbocycles. The van der Waals surface area contributed by atoms with Crippen LogP contribution in [-0.2, 0) is 11.4 Å². The van der Waals surface area contributed by atoms with Crippen LogP contribution in [-0.4, -0.2) is 39.6 Å². The number of hydrogen-bond acceptors (Lipinski definition) is 6. The monoisotopic (exact) mass is 460 g/mol. The van der Waals surface area contributed by atoms with E-state index < -0.39 is 0 Å². The van der Waals surface area contributed by atoms with Crippen molar-refractivity contribution in [3.8, 4) is 17.2 Å². The maximum absolute atomic E-state index is 12.0. The van der Waals surface area contributed by atoms with Gasteiger partial charge in [0, 0.05) is 17.3 Å². The molecule has 1 N–H and O–H groups in total. The number of hydrogen-bond donors (Lipinski definition) is 1. The zero-order valence-electron chi connectivity index (χ0n) is 17.5. The van der Waals surface area contributed by atoms with Crippen molar-refractivity contribution in [2.24, 2.45) is 0 Å². The zero-order chi connectivity index (χ0) is 22.1. The number of thioether (sulfide) groups is 1. The molecule has 0 aliphatic heterocycles. The second kappa shape index (κ2) is 11.6. The number of carbonyl (C=O) groups is 1. The highest BCUT2D eigenvalue weighted by Crippen LogP contribution is 2.25.